The molecule has 0 aliphatic heterocycles. The molecule has 0 radical (unpaired) electrons. The molecule has 0 spiro atoms. The molecule has 0 heterocycles. The van der Waals surface area contributed by atoms with Crippen LogP contribution >= 0.6 is 0 Å². The number of hydrogen-bond acceptors (Lipinski definition) is 4. The van der Waals surface area contributed by atoms with E-state index in [1.807, 2.05) is 0 Å². The Hall–Kier alpha value is -0.810. The lowest BCUT2D eigenvalue weighted by atomic mass is 10.7. The summed E-state index contributed by atoms with van der Waals surface area (Å²) in [4.78, 5) is 9.89. The first kappa shape index (κ1) is 12.8. The molecule has 1 unspecified atom stereocenters. The van der Waals surface area contributed by atoms with Crippen molar-refractivity contribution >= 4 is 6.09 Å². The summed E-state index contributed by atoms with van der Waals surface area (Å²) in [7, 11) is 4.67. The highest BCUT2D eigenvalue weighted by Crippen LogP contribution is 1.87. The quantitative estimate of drug-likeness (QED) is 0.599. The third-order valence-corrected chi connectivity index (χ3v) is 0.614. The lowest BCUT2D eigenvalue weighted by Gasteiger charge is -2.06. The molecule has 0 aliphatic rings. The Morgan fingerprint density at radius 1 is 1.36 bits per heavy atom. The predicted octanol–water partition coefficient (Wildman–Crippen LogP) is 0.337. The van der Waals surface area contributed by atoms with Gasteiger partial charge in [0.15, 0.2) is 0 Å². The Balaban J connectivity index is 0. The number of amides is 1. The zero-order chi connectivity index (χ0) is 9.28. The molecule has 2 N–H and O–H groups in total. The smallest absolute Gasteiger partial charge is 0.406 e. The van der Waals surface area contributed by atoms with Crippen molar-refractivity contribution in [1.82, 2.24) is 0 Å². The summed E-state index contributed by atoms with van der Waals surface area (Å²) in [6.45, 7) is 1.57. The molecule has 0 saturated carbocycles. The minimum atomic E-state index is -0.820. The monoisotopic (exact) mass is 165 g/mol. The highest BCUT2D eigenvalue weighted by molar-refractivity contribution is 5.64. The molecule has 11 heavy (non-hydrogen) atoms. The van der Waals surface area contributed by atoms with Crippen molar-refractivity contribution in [2.75, 3.05) is 21.3 Å². The number of primary amides is 1. The zero-order valence-corrected chi connectivity index (χ0v) is 7.29. The van der Waals surface area contributed by atoms with Crippen LogP contribution in [0.3, 0.4) is 0 Å². The second-order valence-corrected chi connectivity index (χ2v) is 1.65. The molecular weight excluding hydrogens is 150 g/mol. The molecule has 0 aromatic rings. The molecule has 5 heteroatoms. The molecule has 68 valence electrons. The molecular formula is C6H15NO4. The van der Waals surface area contributed by atoms with Gasteiger partial charge in [-0.1, -0.05) is 0 Å². The predicted molar refractivity (Wildman–Crippen MR) is 40.1 cm³/mol. The molecule has 0 aromatic carbocycles. The summed E-state index contributed by atoms with van der Waals surface area (Å²) in [6, 6.07) is 0. The minimum absolute atomic E-state index is 0.549. The lowest BCUT2D eigenvalue weighted by Crippen LogP contribution is -2.21. The van der Waals surface area contributed by atoms with Gasteiger partial charge >= 0.3 is 6.09 Å². The van der Waals surface area contributed by atoms with Crippen LogP contribution in [0, 0.1) is 0 Å². The molecule has 0 aliphatic carbocycles. The normalized spacial score (nSPS) is 10.9. The van der Waals surface area contributed by atoms with Gasteiger partial charge in [0.25, 0.3) is 0 Å². The fourth-order valence-corrected chi connectivity index (χ4v) is 0.212. The summed E-state index contributed by atoms with van der Waals surface area (Å²) in [5, 5.41) is 0. The van der Waals surface area contributed by atoms with Crippen LogP contribution in [-0.2, 0) is 14.2 Å². The Morgan fingerprint density at radius 3 is 1.82 bits per heavy atom. The molecule has 0 saturated heterocycles. The van der Waals surface area contributed by atoms with E-state index in [0.29, 0.717) is 0 Å². The van der Waals surface area contributed by atoms with Gasteiger partial charge in [0.05, 0.1) is 0 Å². The van der Waals surface area contributed by atoms with Crippen LogP contribution in [0.2, 0.25) is 0 Å². The van der Waals surface area contributed by atoms with E-state index < -0.39 is 12.4 Å². The lowest BCUT2D eigenvalue weighted by molar-refractivity contribution is -0.0645. The maximum absolute atomic E-state index is 9.89. The van der Waals surface area contributed by atoms with E-state index in [4.69, 9.17) is 0 Å². The maximum atomic E-state index is 9.89. The molecule has 1 atom stereocenters. The van der Waals surface area contributed by atoms with Crippen molar-refractivity contribution in [2.24, 2.45) is 5.73 Å². The average molecular weight is 165 g/mol. The largest absolute Gasteiger partial charge is 0.420 e. The number of methoxy groups -OCH3 is 2. The summed E-state index contributed by atoms with van der Waals surface area (Å²) in [5.74, 6) is 0. The van der Waals surface area contributed by atoms with Crippen LogP contribution in [0.4, 0.5) is 4.79 Å². The first-order valence-electron chi connectivity index (χ1n) is 2.97. The molecule has 0 bridgehead atoms. The molecule has 1 amide bonds. The average Bonchev–Trinajstić information content (AvgIpc) is 1.88. The Labute approximate surface area is 66.4 Å². The summed E-state index contributed by atoms with van der Waals surface area (Å²) in [6.07, 6.45) is -1.37. The van der Waals surface area contributed by atoms with Gasteiger partial charge in [0, 0.05) is 21.3 Å². The minimum Gasteiger partial charge on any atom is -0.420 e. The van der Waals surface area contributed by atoms with Crippen LogP contribution in [0.5, 0.6) is 0 Å². The fourth-order valence-electron chi connectivity index (χ4n) is 0.212. The number of ether oxygens (including phenoxy) is 3. The highest BCUT2D eigenvalue weighted by atomic mass is 16.7. The summed E-state index contributed by atoms with van der Waals surface area (Å²) >= 11 is 0. The van der Waals surface area contributed by atoms with Gasteiger partial charge in [-0.05, 0) is 6.92 Å². The Kier molecular flexibility index (Phi) is 10.7. The standard InChI is InChI=1S/C4H9NO3.C2H6O/c1-3(7-2)8-4(5)6;1-3-2/h3H,1-2H3,(H2,5,6);1-2H3. The van der Waals surface area contributed by atoms with Crippen molar-refractivity contribution in [3.05, 3.63) is 0 Å². The van der Waals surface area contributed by atoms with Gasteiger partial charge in [0.2, 0.25) is 6.29 Å². The van der Waals surface area contributed by atoms with E-state index >= 15 is 0 Å². The maximum Gasteiger partial charge on any atom is 0.406 e. The second-order valence-electron chi connectivity index (χ2n) is 1.65. The fraction of sp³-hybridized carbons (Fsp3) is 0.833. The van der Waals surface area contributed by atoms with E-state index in [1.54, 1.807) is 21.1 Å². The number of nitrogens with two attached hydrogens (primary N) is 1. The van der Waals surface area contributed by atoms with Crippen molar-refractivity contribution in [1.29, 1.82) is 0 Å². The number of carbonyl (C=O) groups excluding carboxylic acids is 1. The Morgan fingerprint density at radius 2 is 1.73 bits per heavy atom. The van der Waals surface area contributed by atoms with Crippen LogP contribution in [0.25, 0.3) is 0 Å². The first-order valence-corrected chi connectivity index (χ1v) is 2.97. The van der Waals surface area contributed by atoms with Gasteiger partial charge in [-0.15, -0.1) is 0 Å². The molecule has 0 fully saturated rings. The van der Waals surface area contributed by atoms with Crippen LogP contribution in [0.1, 0.15) is 6.92 Å². The second kappa shape index (κ2) is 9.19. The molecule has 0 aromatic heterocycles. The van der Waals surface area contributed by atoms with Crippen molar-refractivity contribution in [2.45, 2.75) is 13.2 Å². The number of rotatable bonds is 2. The molecule has 5 nitrogen and oxygen atoms in total. The van der Waals surface area contributed by atoms with Gasteiger partial charge < -0.3 is 19.9 Å². The van der Waals surface area contributed by atoms with Crippen molar-refractivity contribution in [3.63, 3.8) is 0 Å². The zero-order valence-electron chi connectivity index (χ0n) is 7.29. The number of carbonyl (C=O) groups is 1. The van der Waals surface area contributed by atoms with E-state index in [1.165, 1.54) is 7.11 Å². The van der Waals surface area contributed by atoms with E-state index in [2.05, 4.69) is 19.9 Å². The van der Waals surface area contributed by atoms with E-state index in [9.17, 15) is 4.79 Å². The van der Waals surface area contributed by atoms with Crippen molar-refractivity contribution < 1.29 is 19.0 Å². The van der Waals surface area contributed by atoms with E-state index in [-0.39, 0.29) is 0 Å². The third-order valence-electron chi connectivity index (χ3n) is 0.614. The Bertz CT molecular complexity index is 96.6. The van der Waals surface area contributed by atoms with Crippen molar-refractivity contribution in [3.8, 4) is 0 Å². The summed E-state index contributed by atoms with van der Waals surface area (Å²) in [5.41, 5.74) is 4.63. The summed E-state index contributed by atoms with van der Waals surface area (Å²) < 4.78 is 13.1. The van der Waals surface area contributed by atoms with Gasteiger partial charge in [-0.3, -0.25) is 0 Å². The van der Waals surface area contributed by atoms with Crippen LogP contribution in [0.15, 0.2) is 0 Å². The third kappa shape index (κ3) is 17.6. The topological polar surface area (TPSA) is 70.8 Å². The molecule has 0 rings (SSSR count). The first-order chi connectivity index (χ1) is 5.08. The van der Waals surface area contributed by atoms with Gasteiger partial charge in [0.1, 0.15) is 0 Å². The van der Waals surface area contributed by atoms with Crippen LogP contribution in [-0.4, -0.2) is 33.7 Å². The van der Waals surface area contributed by atoms with E-state index in [0.717, 1.165) is 0 Å². The number of hydrogen-bond donors (Lipinski definition) is 1. The van der Waals surface area contributed by atoms with Gasteiger partial charge in [-0.25, -0.2) is 4.79 Å². The van der Waals surface area contributed by atoms with Crippen LogP contribution < -0.4 is 5.73 Å². The van der Waals surface area contributed by atoms with Gasteiger partial charge in [-0.2, -0.15) is 0 Å². The SMILES string of the molecule is COC.COC(C)OC(N)=O. The highest BCUT2D eigenvalue weighted by Gasteiger charge is 2.00.